The summed E-state index contributed by atoms with van der Waals surface area (Å²) in [5, 5.41) is 4.11. The molecular weight excluding hydrogens is 260 g/mol. The van der Waals surface area contributed by atoms with E-state index in [4.69, 9.17) is 4.74 Å². The van der Waals surface area contributed by atoms with Crippen molar-refractivity contribution in [1.29, 1.82) is 0 Å². The van der Waals surface area contributed by atoms with E-state index >= 15 is 0 Å². The van der Waals surface area contributed by atoms with E-state index in [0.29, 0.717) is 18.2 Å². The number of carbonyl (C=O) groups is 1. The van der Waals surface area contributed by atoms with Gasteiger partial charge in [0.15, 0.2) is 10.8 Å². The third-order valence-electron chi connectivity index (χ3n) is 3.52. The maximum Gasteiger partial charge on any atom is 0.358 e. The summed E-state index contributed by atoms with van der Waals surface area (Å²) in [6, 6.07) is 0. The first-order valence-electron chi connectivity index (χ1n) is 6.66. The SMILES string of the molecule is CCOC(=O)c1nc(NCC(C)(C)C(C)C)sc1C. The Morgan fingerprint density at radius 3 is 2.63 bits per heavy atom. The summed E-state index contributed by atoms with van der Waals surface area (Å²) in [5.74, 6) is 0.234. The Bertz CT molecular complexity index is 439. The van der Waals surface area contributed by atoms with Crippen LogP contribution >= 0.6 is 11.3 Å². The normalized spacial score (nSPS) is 11.7. The molecule has 1 rings (SSSR count). The Labute approximate surface area is 119 Å². The van der Waals surface area contributed by atoms with Crippen LogP contribution < -0.4 is 5.32 Å². The molecule has 0 unspecified atom stereocenters. The third-order valence-corrected chi connectivity index (χ3v) is 4.45. The van der Waals surface area contributed by atoms with Crippen LogP contribution in [0.15, 0.2) is 0 Å². The van der Waals surface area contributed by atoms with Gasteiger partial charge in [0.05, 0.1) is 6.61 Å². The number of nitrogens with one attached hydrogen (secondary N) is 1. The monoisotopic (exact) mass is 284 g/mol. The Hall–Kier alpha value is -1.10. The van der Waals surface area contributed by atoms with Crippen LogP contribution in [0.25, 0.3) is 0 Å². The highest BCUT2D eigenvalue weighted by Gasteiger charge is 2.23. The first-order valence-corrected chi connectivity index (χ1v) is 7.48. The highest BCUT2D eigenvalue weighted by Crippen LogP contribution is 2.28. The molecule has 1 aromatic heterocycles. The molecule has 1 N–H and O–H groups in total. The molecule has 0 saturated carbocycles. The van der Waals surface area contributed by atoms with Crippen molar-refractivity contribution in [3.63, 3.8) is 0 Å². The zero-order valence-electron chi connectivity index (χ0n) is 12.7. The highest BCUT2D eigenvalue weighted by molar-refractivity contribution is 7.15. The molecule has 0 amide bonds. The number of esters is 1. The number of ether oxygens (including phenoxy) is 1. The lowest BCUT2D eigenvalue weighted by atomic mass is 9.81. The molecule has 5 heteroatoms. The van der Waals surface area contributed by atoms with Crippen molar-refractivity contribution in [2.45, 2.75) is 41.5 Å². The van der Waals surface area contributed by atoms with Gasteiger partial charge in [-0.15, -0.1) is 11.3 Å². The number of hydrogen-bond acceptors (Lipinski definition) is 5. The van der Waals surface area contributed by atoms with Gasteiger partial charge in [-0.25, -0.2) is 9.78 Å². The topological polar surface area (TPSA) is 51.2 Å². The predicted octanol–water partition coefficient (Wildman–Crippen LogP) is 3.72. The molecule has 4 nitrogen and oxygen atoms in total. The van der Waals surface area contributed by atoms with Crippen LogP contribution in [-0.4, -0.2) is 24.1 Å². The van der Waals surface area contributed by atoms with Crippen molar-refractivity contribution in [2.75, 3.05) is 18.5 Å². The van der Waals surface area contributed by atoms with Gasteiger partial charge in [-0.1, -0.05) is 27.7 Å². The molecule has 19 heavy (non-hydrogen) atoms. The lowest BCUT2D eigenvalue weighted by Gasteiger charge is -2.29. The Morgan fingerprint density at radius 1 is 1.47 bits per heavy atom. The van der Waals surface area contributed by atoms with Crippen molar-refractivity contribution in [3.05, 3.63) is 10.6 Å². The molecule has 1 heterocycles. The number of hydrogen-bond donors (Lipinski definition) is 1. The Morgan fingerprint density at radius 2 is 2.11 bits per heavy atom. The summed E-state index contributed by atoms with van der Waals surface area (Å²) in [5.41, 5.74) is 0.612. The quantitative estimate of drug-likeness (QED) is 0.809. The summed E-state index contributed by atoms with van der Waals surface area (Å²) in [6.07, 6.45) is 0. The fourth-order valence-electron chi connectivity index (χ4n) is 1.37. The lowest BCUT2D eigenvalue weighted by Crippen LogP contribution is -2.28. The Kier molecular flexibility index (Phi) is 5.35. The van der Waals surface area contributed by atoms with E-state index in [1.807, 2.05) is 6.92 Å². The number of aromatic nitrogens is 1. The van der Waals surface area contributed by atoms with Gasteiger partial charge in [-0.3, -0.25) is 0 Å². The van der Waals surface area contributed by atoms with E-state index in [-0.39, 0.29) is 11.4 Å². The fourth-order valence-corrected chi connectivity index (χ4v) is 2.17. The molecule has 0 radical (unpaired) electrons. The molecule has 108 valence electrons. The maximum absolute atomic E-state index is 11.7. The van der Waals surface area contributed by atoms with Gasteiger partial charge in [0.2, 0.25) is 0 Å². The van der Waals surface area contributed by atoms with Crippen LogP contribution in [0.5, 0.6) is 0 Å². The number of aryl methyl sites for hydroxylation is 1. The summed E-state index contributed by atoms with van der Waals surface area (Å²) >= 11 is 1.50. The number of rotatable bonds is 6. The van der Waals surface area contributed by atoms with Crippen molar-refractivity contribution in [1.82, 2.24) is 4.98 Å². The van der Waals surface area contributed by atoms with Gasteiger partial charge in [-0.2, -0.15) is 0 Å². The maximum atomic E-state index is 11.7. The Balaban J connectivity index is 2.72. The molecule has 0 bridgehead atoms. The summed E-state index contributed by atoms with van der Waals surface area (Å²) in [6.45, 7) is 13.7. The molecule has 0 fully saturated rings. The molecule has 0 spiro atoms. The smallest absolute Gasteiger partial charge is 0.358 e. The van der Waals surface area contributed by atoms with Gasteiger partial charge < -0.3 is 10.1 Å². The highest BCUT2D eigenvalue weighted by atomic mass is 32.1. The van der Waals surface area contributed by atoms with Crippen LogP contribution in [0.4, 0.5) is 5.13 Å². The van der Waals surface area contributed by atoms with Gasteiger partial charge in [0.25, 0.3) is 0 Å². The summed E-state index contributed by atoms with van der Waals surface area (Å²) < 4.78 is 4.98. The number of nitrogens with zero attached hydrogens (tertiary/aromatic N) is 1. The van der Waals surface area contributed by atoms with Gasteiger partial charge in [0, 0.05) is 11.4 Å². The van der Waals surface area contributed by atoms with Crippen molar-refractivity contribution in [2.24, 2.45) is 11.3 Å². The molecule has 0 aliphatic rings. The average molecular weight is 284 g/mol. The van der Waals surface area contributed by atoms with E-state index in [1.165, 1.54) is 11.3 Å². The van der Waals surface area contributed by atoms with Crippen molar-refractivity contribution >= 4 is 22.4 Å². The van der Waals surface area contributed by atoms with E-state index in [0.717, 1.165) is 16.6 Å². The summed E-state index contributed by atoms with van der Waals surface area (Å²) in [7, 11) is 0. The second kappa shape index (κ2) is 6.37. The molecule has 0 aromatic carbocycles. The fraction of sp³-hybridized carbons (Fsp3) is 0.714. The second-order valence-corrected chi connectivity index (χ2v) is 6.84. The molecular formula is C14H24N2O2S. The van der Waals surface area contributed by atoms with Crippen LogP contribution in [0.1, 0.15) is 50.0 Å². The average Bonchev–Trinajstić information content (AvgIpc) is 2.68. The lowest BCUT2D eigenvalue weighted by molar-refractivity contribution is 0.0519. The molecule has 0 atom stereocenters. The standard InChI is InChI=1S/C14H24N2O2S/c1-7-18-12(17)11-10(4)19-13(16-11)15-8-14(5,6)9(2)3/h9H,7-8H2,1-6H3,(H,15,16). The molecule has 0 saturated heterocycles. The van der Waals surface area contributed by atoms with E-state index in [9.17, 15) is 4.79 Å². The third kappa shape index (κ3) is 4.20. The molecule has 1 aromatic rings. The first kappa shape index (κ1) is 16.0. The van der Waals surface area contributed by atoms with E-state index < -0.39 is 0 Å². The van der Waals surface area contributed by atoms with Crippen LogP contribution in [0.3, 0.4) is 0 Å². The van der Waals surface area contributed by atoms with E-state index in [1.54, 1.807) is 6.92 Å². The largest absolute Gasteiger partial charge is 0.461 e. The zero-order valence-corrected chi connectivity index (χ0v) is 13.5. The van der Waals surface area contributed by atoms with Gasteiger partial charge >= 0.3 is 5.97 Å². The minimum atomic E-state index is -0.340. The number of anilines is 1. The minimum Gasteiger partial charge on any atom is -0.461 e. The van der Waals surface area contributed by atoms with Gasteiger partial charge in [0.1, 0.15) is 0 Å². The van der Waals surface area contributed by atoms with Crippen LogP contribution in [0, 0.1) is 18.3 Å². The molecule has 0 aliphatic carbocycles. The van der Waals surface area contributed by atoms with E-state index in [2.05, 4.69) is 38.0 Å². The van der Waals surface area contributed by atoms with Crippen molar-refractivity contribution in [3.8, 4) is 0 Å². The second-order valence-electron chi connectivity index (χ2n) is 5.64. The molecule has 0 aliphatic heterocycles. The van der Waals surface area contributed by atoms with Crippen molar-refractivity contribution < 1.29 is 9.53 Å². The predicted molar refractivity (Wildman–Crippen MR) is 79.9 cm³/mol. The first-order chi connectivity index (χ1) is 8.77. The number of thiazole rings is 1. The number of carbonyl (C=O) groups excluding carboxylic acids is 1. The van der Waals surface area contributed by atoms with Crippen LogP contribution in [0.2, 0.25) is 0 Å². The zero-order chi connectivity index (χ0) is 14.6. The minimum absolute atomic E-state index is 0.184. The van der Waals surface area contributed by atoms with Crippen LogP contribution in [-0.2, 0) is 4.74 Å². The van der Waals surface area contributed by atoms with Gasteiger partial charge in [-0.05, 0) is 25.2 Å². The summed E-state index contributed by atoms with van der Waals surface area (Å²) in [4.78, 5) is 16.9.